The molecule has 6 nitrogen and oxygen atoms in total. The molecule has 1 saturated carbocycles. The fourth-order valence-corrected chi connectivity index (χ4v) is 3.14. The molecule has 2 N–H and O–H groups in total. The highest BCUT2D eigenvalue weighted by Gasteiger charge is 2.28. The number of carbonyl (C=O) groups excluding carboxylic acids is 2. The Hall–Kier alpha value is -1.56. The third-order valence-corrected chi connectivity index (χ3v) is 4.63. The number of amides is 3. The number of carbonyl (C=O) groups is 2. The molecule has 1 aliphatic heterocycles. The van der Waals surface area contributed by atoms with Crippen LogP contribution in [0, 0.1) is 0 Å². The lowest BCUT2D eigenvalue weighted by Gasteiger charge is -2.37. The van der Waals surface area contributed by atoms with Crippen LogP contribution in [0.3, 0.4) is 0 Å². The van der Waals surface area contributed by atoms with E-state index >= 15 is 0 Å². The van der Waals surface area contributed by atoms with E-state index in [-0.39, 0.29) is 18.0 Å². The van der Waals surface area contributed by atoms with Crippen molar-refractivity contribution < 1.29 is 9.59 Å². The van der Waals surface area contributed by atoms with Gasteiger partial charge in [-0.1, -0.05) is 18.9 Å². The average Bonchev–Trinajstić information content (AvgIpc) is 3.05. The molecule has 0 bridgehead atoms. The fraction of sp³-hybridized carbons (Fsp3) is 0.750. The Morgan fingerprint density at radius 3 is 2.45 bits per heavy atom. The first-order valence-electron chi connectivity index (χ1n) is 8.30. The minimum absolute atomic E-state index is 0.0531. The van der Waals surface area contributed by atoms with Crippen LogP contribution in [0.5, 0.6) is 0 Å². The lowest BCUT2D eigenvalue weighted by molar-refractivity contribution is -0.127. The number of nitrogens with zero attached hydrogens (tertiary/aromatic N) is 2. The van der Waals surface area contributed by atoms with Crippen LogP contribution in [0.25, 0.3) is 0 Å². The van der Waals surface area contributed by atoms with Crippen molar-refractivity contribution >= 4 is 11.9 Å². The summed E-state index contributed by atoms with van der Waals surface area (Å²) in [6.45, 7) is 8.82. The van der Waals surface area contributed by atoms with Crippen molar-refractivity contribution in [3.63, 3.8) is 0 Å². The Balaban J connectivity index is 1.74. The zero-order valence-corrected chi connectivity index (χ0v) is 13.5. The van der Waals surface area contributed by atoms with Crippen LogP contribution in [-0.2, 0) is 4.79 Å². The van der Waals surface area contributed by atoms with Crippen molar-refractivity contribution in [1.29, 1.82) is 0 Å². The Labute approximate surface area is 132 Å². The molecule has 0 aromatic rings. The molecule has 1 heterocycles. The van der Waals surface area contributed by atoms with Gasteiger partial charge in [0.05, 0.1) is 6.04 Å². The molecule has 1 aliphatic carbocycles. The summed E-state index contributed by atoms with van der Waals surface area (Å²) in [5, 5.41) is 5.94. The number of urea groups is 1. The van der Waals surface area contributed by atoms with Gasteiger partial charge in [-0.3, -0.25) is 9.69 Å². The zero-order chi connectivity index (χ0) is 15.9. The van der Waals surface area contributed by atoms with E-state index in [1.807, 2.05) is 6.92 Å². The van der Waals surface area contributed by atoms with Crippen molar-refractivity contribution in [3.05, 3.63) is 12.7 Å². The van der Waals surface area contributed by atoms with E-state index in [4.69, 9.17) is 0 Å². The second-order valence-corrected chi connectivity index (χ2v) is 6.16. The monoisotopic (exact) mass is 308 g/mol. The summed E-state index contributed by atoms with van der Waals surface area (Å²) in [4.78, 5) is 28.1. The lowest BCUT2D eigenvalue weighted by atomic mass is 10.2. The van der Waals surface area contributed by atoms with Crippen LogP contribution in [-0.4, -0.2) is 66.5 Å². The smallest absolute Gasteiger partial charge is 0.317 e. The maximum Gasteiger partial charge on any atom is 0.317 e. The van der Waals surface area contributed by atoms with Gasteiger partial charge in [0.2, 0.25) is 5.91 Å². The molecule has 2 rings (SSSR count). The van der Waals surface area contributed by atoms with Gasteiger partial charge in [0, 0.05) is 38.8 Å². The topological polar surface area (TPSA) is 64.7 Å². The molecule has 0 unspecified atom stereocenters. The van der Waals surface area contributed by atoms with Crippen LogP contribution >= 0.6 is 0 Å². The van der Waals surface area contributed by atoms with Gasteiger partial charge in [0.1, 0.15) is 0 Å². The molecule has 0 radical (unpaired) electrons. The van der Waals surface area contributed by atoms with Gasteiger partial charge in [-0.05, 0) is 19.8 Å². The molecular weight excluding hydrogens is 280 g/mol. The fourth-order valence-electron chi connectivity index (χ4n) is 3.14. The molecule has 3 amide bonds. The van der Waals surface area contributed by atoms with Crippen molar-refractivity contribution in [2.45, 2.75) is 44.7 Å². The quantitative estimate of drug-likeness (QED) is 0.743. The summed E-state index contributed by atoms with van der Waals surface area (Å²) >= 11 is 0. The maximum atomic E-state index is 12.3. The van der Waals surface area contributed by atoms with Crippen LogP contribution in [0.2, 0.25) is 0 Å². The van der Waals surface area contributed by atoms with Gasteiger partial charge < -0.3 is 15.5 Å². The van der Waals surface area contributed by atoms with Crippen molar-refractivity contribution in [1.82, 2.24) is 20.4 Å². The average molecular weight is 308 g/mol. The third kappa shape index (κ3) is 4.47. The highest BCUT2D eigenvalue weighted by atomic mass is 16.2. The second kappa shape index (κ2) is 8.17. The van der Waals surface area contributed by atoms with Gasteiger partial charge in [-0.15, -0.1) is 6.58 Å². The van der Waals surface area contributed by atoms with Crippen LogP contribution < -0.4 is 10.6 Å². The van der Waals surface area contributed by atoms with Gasteiger partial charge in [0.15, 0.2) is 0 Å². The summed E-state index contributed by atoms with van der Waals surface area (Å²) in [5.74, 6) is 0.122. The SMILES string of the molecule is C=CCNC(=O)N1CCN([C@H](C)C(=O)NC2CCCC2)CC1. The summed E-state index contributed by atoms with van der Waals surface area (Å²) in [6, 6.07) is 0.183. The van der Waals surface area contributed by atoms with E-state index in [1.165, 1.54) is 12.8 Å². The Morgan fingerprint density at radius 1 is 1.23 bits per heavy atom. The number of piperazine rings is 1. The van der Waals surface area contributed by atoms with Crippen LogP contribution in [0.1, 0.15) is 32.6 Å². The molecule has 6 heteroatoms. The van der Waals surface area contributed by atoms with Crippen LogP contribution in [0.15, 0.2) is 12.7 Å². The molecule has 1 atom stereocenters. The molecule has 2 aliphatic rings. The first kappa shape index (κ1) is 16.8. The molecule has 0 aromatic heterocycles. The van der Waals surface area contributed by atoms with Gasteiger partial charge >= 0.3 is 6.03 Å². The normalized spacial score (nSPS) is 21.4. The minimum Gasteiger partial charge on any atom is -0.352 e. The predicted molar refractivity (Wildman–Crippen MR) is 86.6 cm³/mol. The van der Waals surface area contributed by atoms with Gasteiger partial charge in [-0.2, -0.15) is 0 Å². The maximum absolute atomic E-state index is 12.3. The standard InChI is InChI=1S/C16H28N4O2/c1-3-8-17-16(22)20-11-9-19(10-12-20)13(2)15(21)18-14-6-4-5-7-14/h3,13-14H,1,4-12H2,2H3,(H,17,22)(H,18,21)/t13-/m1/s1. The molecular formula is C16H28N4O2. The predicted octanol–water partition coefficient (Wildman–Crippen LogP) is 0.947. The largest absolute Gasteiger partial charge is 0.352 e. The minimum atomic E-state index is -0.126. The molecule has 2 fully saturated rings. The lowest BCUT2D eigenvalue weighted by Crippen LogP contribution is -2.57. The highest BCUT2D eigenvalue weighted by Crippen LogP contribution is 2.18. The summed E-state index contributed by atoms with van der Waals surface area (Å²) in [7, 11) is 0. The van der Waals surface area contributed by atoms with E-state index in [9.17, 15) is 9.59 Å². The van der Waals surface area contributed by atoms with Crippen molar-refractivity contribution in [3.8, 4) is 0 Å². The van der Waals surface area contributed by atoms with E-state index in [0.29, 0.717) is 25.7 Å². The van der Waals surface area contributed by atoms with E-state index in [2.05, 4.69) is 22.1 Å². The molecule has 1 saturated heterocycles. The highest BCUT2D eigenvalue weighted by molar-refractivity contribution is 5.81. The van der Waals surface area contributed by atoms with Gasteiger partial charge in [-0.25, -0.2) is 4.79 Å². The molecule has 124 valence electrons. The number of hydrogen-bond acceptors (Lipinski definition) is 3. The molecule has 0 spiro atoms. The van der Waals surface area contributed by atoms with Crippen molar-refractivity contribution in [2.75, 3.05) is 32.7 Å². The molecule has 0 aromatic carbocycles. The van der Waals surface area contributed by atoms with Crippen molar-refractivity contribution in [2.24, 2.45) is 0 Å². The number of rotatable bonds is 5. The first-order valence-corrected chi connectivity index (χ1v) is 8.30. The Bertz CT molecular complexity index is 399. The van der Waals surface area contributed by atoms with E-state index in [1.54, 1.807) is 11.0 Å². The summed E-state index contributed by atoms with van der Waals surface area (Å²) in [5.41, 5.74) is 0. The zero-order valence-electron chi connectivity index (χ0n) is 13.5. The Morgan fingerprint density at radius 2 is 1.86 bits per heavy atom. The van der Waals surface area contributed by atoms with E-state index < -0.39 is 0 Å². The third-order valence-electron chi connectivity index (χ3n) is 4.63. The second-order valence-electron chi connectivity index (χ2n) is 6.16. The van der Waals surface area contributed by atoms with Gasteiger partial charge in [0.25, 0.3) is 0 Å². The number of hydrogen-bond donors (Lipinski definition) is 2. The number of nitrogens with one attached hydrogen (secondary N) is 2. The first-order chi connectivity index (χ1) is 10.6. The van der Waals surface area contributed by atoms with E-state index in [0.717, 1.165) is 25.9 Å². The molecule has 22 heavy (non-hydrogen) atoms. The summed E-state index contributed by atoms with van der Waals surface area (Å²) < 4.78 is 0. The Kier molecular flexibility index (Phi) is 6.24. The summed E-state index contributed by atoms with van der Waals surface area (Å²) in [6.07, 6.45) is 6.32. The van der Waals surface area contributed by atoms with Crippen LogP contribution in [0.4, 0.5) is 4.79 Å².